The van der Waals surface area contributed by atoms with Crippen LogP contribution >= 0.6 is 0 Å². The smallest absolute Gasteiger partial charge is 0.317 e. The quantitative estimate of drug-likeness (QED) is 0.162. The molecule has 0 aromatic heterocycles. The highest BCUT2D eigenvalue weighted by Gasteiger charge is 2.37. The number of likely N-dealkylation sites (N-methyl/N-ethyl adjacent to an activating group) is 2. The van der Waals surface area contributed by atoms with Crippen LogP contribution in [0.15, 0.2) is 12.2 Å². The number of quaternary nitrogens is 2. The minimum atomic E-state index is -1.70. The normalized spacial score (nSPS) is 16.8. The summed E-state index contributed by atoms with van der Waals surface area (Å²) in [6.45, 7) is 0.0531. The molecule has 0 amide bonds. The van der Waals surface area contributed by atoms with E-state index in [1.807, 2.05) is 0 Å². The molecule has 0 radical (unpaired) electrons. The molecule has 0 saturated heterocycles. The van der Waals surface area contributed by atoms with Crippen molar-refractivity contribution in [1.82, 2.24) is 0 Å². The summed E-state index contributed by atoms with van der Waals surface area (Å²) in [6.07, 6.45) is -1.38. The number of carbonyl (C=O) groups is 4. The summed E-state index contributed by atoms with van der Waals surface area (Å²) in [4.78, 5) is 47.2. The van der Waals surface area contributed by atoms with Gasteiger partial charge in [-0.15, -0.1) is 0 Å². The van der Waals surface area contributed by atoms with Crippen LogP contribution in [0.25, 0.3) is 0 Å². The molecule has 10 nitrogen and oxygen atoms in total. The molecule has 0 aliphatic heterocycles. The molecule has 4 unspecified atom stereocenters. The molecule has 29 heavy (non-hydrogen) atoms. The van der Waals surface area contributed by atoms with E-state index >= 15 is 0 Å². The van der Waals surface area contributed by atoms with E-state index in [0.717, 1.165) is 12.2 Å². The van der Waals surface area contributed by atoms with Crippen molar-refractivity contribution in [1.29, 1.82) is 0 Å². The van der Waals surface area contributed by atoms with Crippen LogP contribution < -0.4 is 0 Å². The monoisotopic (exact) mass is 418 g/mol. The minimum absolute atomic E-state index is 0.0216. The fourth-order valence-corrected chi connectivity index (χ4v) is 2.85. The Morgan fingerprint density at radius 3 is 1.48 bits per heavy atom. The van der Waals surface area contributed by atoms with Gasteiger partial charge in [-0.2, -0.15) is 0 Å². The fraction of sp³-hybridized carbons (Fsp3) is 0.684. The third-order valence-corrected chi connectivity index (χ3v) is 4.03. The number of carboxylic acids is 2. The van der Waals surface area contributed by atoms with Crippen LogP contribution in [-0.4, -0.2) is 120 Å². The van der Waals surface area contributed by atoms with Gasteiger partial charge in [-0.3, -0.25) is 19.2 Å². The molecule has 0 rings (SSSR count). The van der Waals surface area contributed by atoms with Gasteiger partial charge in [0.15, 0.2) is 17.5 Å². The first-order valence-corrected chi connectivity index (χ1v) is 9.12. The first-order chi connectivity index (χ1) is 13.0. The second-order valence-corrected chi connectivity index (χ2v) is 9.19. The first-order valence-electron chi connectivity index (χ1n) is 9.12. The maximum Gasteiger partial charge on any atom is 0.317 e. The van der Waals surface area contributed by atoms with Gasteiger partial charge in [-0.1, -0.05) is 6.08 Å². The van der Waals surface area contributed by atoms with Crippen molar-refractivity contribution >= 4 is 23.5 Å². The molecular formula is C19H34N2O8+2. The van der Waals surface area contributed by atoms with Crippen LogP contribution in [0, 0.1) is 11.8 Å². The van der Waals surface area contributed by atoms with Gasteiger partial charge in [0.1, 0.15) is 31.2 Å². The maximum absolute atomic E-state index is 12.2. The molecule has 0 aliphatic rings. The number of carboxylic acid groups (broad SMARTS) is 2. The summed E-state index contributed by atoms with van der Waals surface area (Å²) in [5.41, 5.74) is 0. The van der Waals surface area contributed by atoms with Gasteiger partial charge >= 0.3 is 11.9 Å². The van der Waals surface area contributed by atoms with Crippen LogP contribution in [0.1, 0.15) is 6.42 Å². The lowest BCUT2D eigenvalue weighted by Gasteiger charge is -2.28. The summed E-state index contributed by atoms with van der Waals surface area (Å²) >= 11 is 0. The third-order valence-electron chi connectivity index (χ3n) is 4.03. The van der Waals surface area contributed by atoms with Crippen molar-refractivity contribution < 1.29 is 48.6 Å². The average molecular weight is 418 g/mol. The maximum atomic E-state index is 12.2. The van der Waals surface area contributed by atoms with Crippen LogP contribution in [0.5, 0.6) is 0 Å². The predicted octanol–water partition coefficient (Wildman–Crippen LogP) is -1.39. The molecule has 10 heteroatoms. The second-order valence-electron chi connectivity index (χ2n) is 9.19. The standard InChI is InChI=1S/C19H32N2O8/c1-20(2,3)10-14(24)16(18(26)27)12(22)8-7-9-13(23)17(19(28)29)15(25)11-21(4,5)6/h7-8,14-17,24-25H,9-11H2,1-6H3/p+2/b8-7+. The molecule has 0 aliphatic carbocycles. The van der Waals surface area contributed by atoms with E-state index in [1.54, 1.807) is 42.3 Å². The van der Waals surface area contributed by atoms with Gasteiger partial charge in [-0.05, 0) is 6.08 Å². The molecule has 0 saturated carbocycles. The highest BCUT2D eigenvalue weighted by Crippen LogP contribution is 2.14. The van der Waals surface area contributed by atoms with Crippen molar-refractivity contribution in [2.75, 3.05) is 55.4 Å². The number of hydrogen-bond donors (Lipinski definition) is 4. The van der Waals surface area contributed by atoms with Crippen molar-refractivity contribution in [3.8, 4) is 0 Å². The Morgan fingerprint density at radius 2 is 1.14 bits per heavy atom. The lowest BCUT2D eigenvalue weighted by Crippen LogP contribution is -2.48. The second kappa shape index (κ2) is 10.6. The summed E-state index contributed by atoms with van der Waals surface area (Å²) < 4.78 is 0.488. The van der Waals surface area contributed by atoms with E-state index in [0.29, 0.717) is 0 Å². The number of aliphatic carboxylic acids is 2. The lowest BCUT2D eigenvalue weighted by atomic mass is 9.93. The first kappa shape index (κ1) is 26.9. The molecule has 166 valence electrons. The van der Waals surface area contributed by atoms with Gasteiger partial charge in [-0.25, -0.2) is 0 Å². The van der Waals surface area contributed by atoms with Crippen molar-refractivity contribution in [3.63, 3.8) is 0 Å². The van der Waals surface area contributed by atoms with Crippen molar-refractivity contribution in [2.24, 2.45) is 11.8 Å². The zero-order valence-corrected chi connectivity index (χ0v) is 17.9. The third kappa shape index (κ3) is 10.3. The molecule has 0 aromatic rings. The van der Waals surface area contributed by atoms with Gasteiger partial charge in [0.25, 0.3) is 0 Å². The summed E-state index contributed by atoms with van der Waals surface area (Å²) in [6, 6.07) is 0. The number of nitrogens with zero attached hydrogens (tertiary/aromatic N) is 2. The Hall–Kier alpha value is -2.14. The number of carbonyl (C=O) groups excluding carboxylic acids is 2. The molecular weight excluding hydrogens is 384 g/mol. The Balaban J connectivity index is 5.19. The van der Waals surface area contributed by atoms with E-state index in [2.05, 4.69) is 0 Å². The Kier molecular flexibility index (Phi) is 9.80. The number of allylic oxidation sites excluding steroid dienone is 2. The highest BCUT2D eigenvalue weighted by atomic mass is 16.4. The largest absolute Gasteiger partial charge is 0.481 e. The predicted molar refractivity (Wildman–Crippen MR) is 104 cm³/mol. The van der Waals surface area contributed by atoms with E-state index < -0.39 is 54.0 Å². The van der Waals surface area contributed by atoms with E-state index in [9.17, 15) is 39.6 Å². The number of hydrogen-bond acceptors (Lipinski definition) is 6. The summed E-state index contributed by atoms with van der Waals surface area (Å²) in [5.74, 6) is -8.03. The zero-order valence-electron chi connectivity index (χ0n) is 17.9. The average Bonchev–Trinajstić information content (AvgIpc) is 2.42. The number of ketones is 2. The highest BCUT2D eigenvalue weighted by molar-refractivity contribution is 6.05. The molecule has 0 fully saturated rings. The number of aliphatic hydroxyl groups excluding tert-OH is 2. The van der Waals surface area contributed by atoms with Crippen LogP contribution in [0.3, 0.4) is 0 Å². The van der Waals surface area contributed by atoms with E-state index in [-0.39, 0.29) is 22.1 Å². The molecule has 0 aromatic carbocycles. The Morgan fingerprint density at radius 1 is 0.759 bits per heavy atom. The van der Waals surface area contributed by atoms with Gasteiger partial charge in [0.2, 0.25) is 0 Å². The van der Waals surface area contributed by atoms with Crippen molar-refractivity contribution in [3.05, 3.63) is 12.2 Å². The number of aliphatic hydroxyl groups is 2. The van der Waals surface area contributed by atoms with Gasteiger partial charge < -0.3 is 29.4 Å². The Labute approximate surface area is 170 Å². The minimum Gasteiger partial charge on any atom is -0.481 e. The fourth-order valence-electron chi connectivity index (χ4n) is 2.85. The molecule has 4 atom stereocenters. The Bertz CT molecular complexity index is 646. The number of rotatable bonds is 13. The summed E-state index contributed by atoms with van der Waals surface area (Å²) in [5, 5.41) is 38.8. The van der Waals surface area contributed by atoms with Crippen LogP contribution in [-0.2, 0) is 19.2 Å². The number of Topliss-reactive ketones (excluding diaryl/α,β-unsaturated/α-hetero) is 1. The molecule has 0 heterocycles. The zero-order chi connectivity index (χ0) is 23.2. The lowest BCUT2D eigenvalue weighted by molar-refractivity contribution is -0.873. The van der Waals surface area contributed by atoms with E-state index in [1.165, 1.54) is 0 Å². The van der Waals surface area contributed by atoms with E-state index in [4.69, 9.17) is 0 Å². The van der Waals surface area contributed by atoms with Gasteiger partial charge in [0.05, 0.1) is 42.3 Å². The SMILES string of the molecule is C[N+](C)(C)CC(O)C(C(=O)O)C(=O)/C=C/CC(=O)C(C(=O)O)C(O)C[N+](C)(C)C. The molecule has 0 spiro atoms. The van der Waals surface area contributed by atoms with Gasteiger partial charge in [0, 0.05) is 6.42 Å². The molecule has 0 bridgehead atoms. The van der Waals surface area contributed by atoms with Crippen LogP contribution in [0.4, 0.5) is 0 Å². The van der Waals surface area contributed by atoms with Crippen molar-refractivity contribution in [2.45, 2.75) is 18.6 Å². The van der Waals surface area contributed by atoms with Crippen LogP contribution in [0.2, 0.25) is 0 Å². The molecule has 4 N–H and O–H groups in total. The summed E-state index contributed by atoms with van der Waals surface area (Å²) in [7, 11) is 10.4. The topological polar surface area (TPSA) is 149 Å².